The van der Waals surface area contributed by atoms with Gasteiger partial charge in [0.25, 0.3) is 5.56 Å². The van der Waals surface area contributed by atoms with Gasteiger partial charge in [-0.1, -0.05) is 0 Å². The molecule has 1 aromatic rings. The van der Waals surface area contributed by atoms with Gasteiger partial charge in [0.2, 0.25) is 0 Å². The van der Waals surface area contributed by atoms with E-state index in [1.54, 1.807) is 6.92 Å². The zero-order valence-electron chi connectivity index (χ0n) is 14.9. The summed E-state index contributed by atoms with van der Waals surface area (Å²) in [4.78, 5) is 17.7. The maximum Gasteiger partial charge on any atom is 0.301 e. The van der Waals surface area contributed by atoms with Crippen LogP contribution in [0.25, 0.3) is 0 Å². The van der Waals surface area contributed by atoms with E-state index in [1.807, 2.05) is 0 Å². The second-order valence-electron chi connectivity index (χ2n) is 6.47. The van der Waals surface area contributed by atoms with Gasteiger partial charge in [-0.05, 0) is 22.9 Å². The summed E-state index contributed by atoms with van der Waals surface area (Å²) in [5, 5.41) is 31.2. The summed E-state index contributed by atoms with van der Waals surface area (Å²) in [7, 11) is 0. The maximum absolute atomic E-state index is 11.8. The van der Waals surface area contributed by atoms with E-state index in [1.165, 1.54) is 10.8 Å². The Bertz CT molecular complexity index is 697. The third-order valence-electron chi connectivity index (χ3n) is 4.65. The average Bonchev–Trinajstić information content (AvgIpc) is 2.66. The lowest BCUT2D eigenvalue weighted by Crippen LogP contribution is -2.59. The zero-order valence-corrected chi connectivity index (χ0v) is 16.5. The van der Waals surface area contributed by atoms with Crippen LogP contribution in [0.5, 0.6) is 6.01 Å². The Morgan fingerprint density at radius 3 is 2.63 bits per heavy atom. The van der Waals surface area contributed by atoms with E-state index in [9.17, 15) is 20.1 Å². The molecule has 10 nitrogen and oxygen atoms in total. The van der Waals surface area contributed by atoms with Crippen LogP contribution in [0, 0.1) is 0 Å². The molecule has 2 aliphatic heterocycles. The van der Waals surface area contributed by atoms with E-state index >= 15 is 0 Å². The van der Waals surface area contributed by atoms with Crippen LogP contribution in [0.3, 0.4) is 0 Å². The fourth-order valence-electron chi connectivity index (χ4n) is 3.20. The summed E-state index contributed by atoms with van der Waals surface area (Å²) >= 11 is 3.12. The van der Waals surface area contributed by atoms with Crippen LogP contribution in [-0.4, -0.2) is 93.6 Å². The Morgan fingerprint density at radius 2 is 1.96 bits per heavy atom. The molecule has 0 aromatic carbocycles. The molecule has 0 radical (unpaired) electrons. The number of aliphatic hydroxyl groups excluding tert-OH is 3. The van der Waals surface area contributed by atoms with Crippen molar-refractivity contribution in [2.75, 3.05) is 39.5 Å². The van der Waals surface area contributed by atoms with E-state index in [0.29, 0.717) is 32.8 Å². The average molecular weight is 450 g/mol. The van der Waals surface area contributed by atoms with Crippen LogP contribution in [0.15, 0.2) is 15.5 Å². The number of halogens is 1. The summed E-state index contributed by atoms with van der Waals surface area (Å²) in [5.74, 6) is 0. The molecule has 27 heavy (non-hydrogen) atoms. The van der Waals surface area contributed by atoms with Crippen molar-refractivity contribution in [2.45, 2.75) is 37.6 Å². The Balaban J connectivity index is 1.87. The molecule has 3 rings (SSSR count). The van der Waals surface area contributed by atoms with Crippen LogP contribution in [-0.2, 0) is 9.47 Å². The minimum atomic E-state index is -1.43. The molecule has 3 heterocycles. The number of hydrogen-bond donors (Lipinski definition) is 3. The van der Waals surface area contributed by atoms with E-state index in [2.05, 4.69) is 25.8 Å². The summed E-state index contributed by atoms with van der Waals surface area (Å²) in [6.07, 6.45) is -4.56. The number of rotatable bonds is 5. The lowest BCUT2D eigenvalue weighted by atomic mass is 9.97. The Morgan fingerprint density at radius 1 is 1.26 bits per heavy atom. The number of aliphatic hydroxyl groups is 3. The first kappa shape index (κ1) is 20.6. The number of morpholine rings is 1. The first-order valence-corrected chi connectivity index (χ1v) is 9.63. The molecule has 2 saturated heterocycles. The molecule has 1 unspecified atom stereocenters. The summed E-state index contributed by atoms with van der Waals surface area (Å²) in [6.45, 7) is 4.89. The monoisotopic (exact) mass is 449 g/mol. The van der Waals surface area contributed by atoms with E-state index in [4.69, 9.17) is 14.2 Å². The SMILES string of the molecule is CCOc1nc(=O)c(Br)cn1C1O[C@H](CN2CCOCC2)[C@@H](O)[C@H](O)[C@H]1O. The zero-order chi connectivity index (χ0) is 19.6. The highest BCUT2D eigenvalue weighted by Crippen LogP contribution is 2.31. The number of hydrogen-bond acceptors (Lipinski definition) is 9. The number of aromatic nitrogens is 2. The van der Waals surface area contributed by atoms with E-state index < -0.39 is 36.2 Å². The standard InChI is InChI=1S/C16H24BrN3O7/c1-2-26-16-18-14(24)9(17)7-20(16)15-13(23)12(22)11(21)10(27-15)8-19-3-5-25-6-4-19/h7,10-13,15,21-23H,2-6,8H2,1H3/t10-,11-,12+,13-,15?/m1/s1. The van der Waals surface area contributed by atoms with E-state index in [0.717, 1.165) is 0 Å². The molecule has 2 fully saturated rings. The molecule has 11 heteroatoms. The molecule has 0 bridgehead atoms. The van der Waals surface area contributed by atoms with Crippen molar-refractivity contribution in [2.24, 2.45) is 0 Å². The molecular formula is C16H24BrN3O7. The van der Waals surface area contributed by atoms with Crippen LogP contribution in [0.2, 0.25) is 0 Å². The van der Waals surface area contributed by atoms with E-state index in [-0.39, 0.29) is 17.1 Å². The van der Waals surface area contributed by atoms with Gasteiger partial charge in [-0.25, -0.2) is 0 Å². The summed E-state index contributed by atoms with van der Waals surface area (Å²) in [6, 6.07) is -0.0385. The molecule has 152 valence electrons. The normalized spacial score (nSPS) is 32.4. The molecule has 0 spiro atoms. The Hall–Kier alpha value is -1.08. The quantitative estimate of drug-likeness (QED) is 0.503. The largest absolute Gasteiger partial charge is 0.465 e. The van der Waals surface area contributed by atoms with Gasteiger partial charge in [0.15, 0.2) is 6.23 Å². The molecule has 3 N–H and O–H groups in total. The highest BCUT2D eigenvalue weighted by molar-refractivity contribution is 9.10. The summed E-state index contributed by atoms with van der Waals surface area (Å²) < 4.78 is 18.1. The topological polar surface area (TPSA) is 127 Å². The van der Waals surface area contributed by atoms with Crippen LogP contribution < -0.4 is 10.3 Å². The van der Waals surface area contributed by atoms with Crippen LogP contribution in [0.4, 0.5) is 0 Å². The van der Waals surface area contributed by atoms with Gasteiger partial charge in [-0.3, -0.25) is 14.3 Å². The molecular weight excluding hydrogens is 426 g/mol. The highest BCUT2D eigenvalue weighted by atomic mass is 79.9. The summed E-state index contributed by atoms with van der Waals surface area (Å²) in [5.41, 5.74) is -0.523. The molecule has 1 aromatic heterocycles. The van der Waals surface area contributed by atoms with Gasteiger partial charge in [-0.15, -0.1) is 0 Å². The third-order valence-corrected chi connectivity index (χ3v) is 5.20. The van der Waals surface area contributed by atoms with Crippen molar-refractivity contribution in [3.8, 4) is 6.01 Å². The minimum Gasteiger partial charge on any atom is -0.465 e. The van der Waals surface area contributed by atoms with Crippen molar-refractivity contribution in [3.05, 3.63) is 21.0 Å². The molecule has 0 aliphatic carbocycles. The van der Waals surface area contributed by atoms with Crippen molar-refractivity contribution in [3.63, 3.8) is 0 Å². The first-order valence-electron chi connectivity index (χ1n) is 8.83. The fourth-order valence-corrected chi connectivity index (χ4v) is 3.51. The first-order chi connectivity index (χ1) is 12.9. The van der Waals surface area contributed by atoms with Gasteiger partial charge in [0.05, 0.1) is 19.8 Å². The van der Waals surface area contributed by atoms with Crippen LogP contribution in [0.1, 0.15) is 13.2 Å². The second-order valence-corrected chi connectivity index (χ2v) is 7.32. The lowest BCUT2D eigenvalue weighted by molar-refractivity contribution is -0.249. The molecule has 0 amide bonds. The lowest BCUT2D eigenvalue weighted by Gasteiger charge is -2.43. The highest BCUT2D eigenvalue weighted by Gasteiger charge is 2.45. The predicted octanol–water partition coefficient (Wildman–Crippen LogP) is -1.28. The molecule has 0 saturated carbocycles. The predicted molar refractivity (Wildman–Crippen MR) is 96.6 cm³/mol. The third kappa shape index (κ3) is 4.50. The number of nitrogens with zero attached hydrogens (tertiary/aromatic N) is 3. The van der Waals surface area contributed by atoms with Crippen molar-refractivity contribution < 1.29 is 29.5 Å². The fraction of sp³-hybridized carbons (Fsp3) is 0.750. The van der Waals surface area contributed by atoms with Crippen molar-refractivity contribution in [1.29, 1.82) is 0 Å². The van der Waals surface area contributed by atoms with Gasteiger partial charge < -0.3 is 29.5 Å². The maximum atomic E-state index is 11.8. The van der Waals surface area contributed by atoms with Crippen molar-refractivity contribution >= 4 is 15.9 Å². The van der Waals surface area contributed by atoms with Crippen LogP contribution >= 0.6 is 15.9 Å². The Kier molecular flexibility index (Phi) is 6.84. The van der Waals surface area contributed by atoms with Crippen molar-refractivity contribution in [1.82, 2.24) is 14.5 Å². The molecule has 2 aliphatic rings. The van der Waals surface area contributed by atoms with Gasteiger partial charge in [0.1, 0.15) is 28.9 Å². The van der Waals surface area contributed by atoms with Gasteiger partial charge in [-0.2, -0.15) is 4.98 Å². The molecule has 5 atom stereocenters. The Labute approximate surface area is 164 Å². The minimum absolute atomic E-state index is 0.0385. The van der Waals surface area contributed by atoms with Gasteiger partial charge in [0, 0.05) is 25.8 Å². The second kappa shape index (κ2) is 8.95. The van der Waals surface area contributed by atoms with Gasteiger partial charge >= 0.3 is 6.01 Å². The number of ether oxygens (including phenoxy) is 3. The smallest absolute Gasteiger partial charge is 0.301 e.